The molecule has 7 heteroatoms. The number of sulfonamides is 1. The molecular formula is C19H22N2O4S. The second kappa shape index (κ2) is 6.55. The molecule has 1 amide bonds. The molecule has 1 aromatic carbocycles. The molecule has 1 aromatic heterocycles. The van der Waals surface area contributed by atoms with Gasteiger partial charge in [0.05, 0.1) is 17.7 Å². The van der Waals surface area contributed by atoms with Gasteiger partial charge in [-0.2, -0.15) is 0 Å². The van der Waals surface area contributed by atoms with Crippen LogP contribution in [0.4, 0.5) is 5.69 Å². The number of fused-ring (bicyclic) bond motifs is 1. The van der Waals surface area contributed by atoms with Crippen molar-refractivity contribution in [2.24, 2.45) is 5.92 Å². The zero-order valence-electron chi connectivity index (χ0n) is 14.6. The van der Waals surface area contributed by atoms with Gasteiger partial charge in [0.2, 0.25) is 15.9 Å². The highest BCUT2D eigenvalue weighted by atomic mass is 32.2. The number of benzene rings is 1. The van der Waals surface area contributed by atoms with Crippen molar-refractivity contribution in [1.82, 2.24) is 4.72 Å². The van der Waals surface area contributed by atoms with Gasteiger partial charge in [0.15, 0.2) is 0 Å². The van der Waals surface area contributed by atoms with Gasteiger partial charge in [0.25, 0.3) is 0 Å². The van der Waals surface area contributed by atoms with Crippen LogP contribution in [0.5, 0.6) is 0 Å². The fourth-order valence-corrected chi connectivity index (χ4v) is 4.67. The third-order valence-electron chi connectivity index (χ3n) is 5.29. The summed E-state index contributed by atoms with van der Waals surface area (Å²) in [6, 6.07) is 8.52. The standard InChI is InChI=1S/C19H22N2O4S/c1-13-10-15-11-17(26(23,24)20-12-16-6-3-9-25-16)7-8-18(15)21(13)19(22)14-4-2-5-14/h3,6-9,11,13-14,20H,2,4-5,10,12H2,1H3/t13-/m1/s1. The van der Waals surface area contributed by atoms with E-state index in [9.17, 15) is 13.2 Å². The number of carbonyl (C=O) groups is 1. The molecule has 0 spiro atoms. The van der Waals surface area contributed by atoms with Crippen LogP contribution in [0.2, 0.25) is 0 Å². The maximum atomic E-state index is 12.7. The summed E-state index contributed by atoms with van der Waals surface area (Å²) in [5, 5.41) is 0. The van der Waals surface area contributed by atoms with E-state index < -0.39 is 10.0 Å². The van der Waals surface area contributed by atoms with E-state index in [0.717, 1.165) is 30.5 Å². The summed E-state index contributed by atoms with van der Waals surface area (Å²) < 4.78 is 32.8. The van der Waals surface area contributed by atoms with E-state index in [1.807, 2.05) is 11.8 Å². The van der Waals surface area contributed by atoms with Gasteiger partial charge in [-0.1, -0.05) is 6.42 Å². The summed E-state index contributed by atoms with van der Waals surface area (Å²) in [5.41, 5.74) is 1.76. The summed E-state index contributed by atoms with van der Waals surface area (Å²) in [5.74, 6) is 0.858. The van der Waals surface area contributed by atoms with E-state index in [-0.39, 0.29) is 29.3 Å². The minimum absolute atomic E-state index is 0.0622. The molecule has 0 radical (unpaired) electrons. The molecular weight excluding hydrogens is 352 g/mol. The summed E-state index contributed by atoms with van der Waals surface area (Å²) in [6.07, 6.45) is 5.22. The smallest absolute Gasteiger partial charge is 0.240 e. The number of rotatable bonds is 5. The molecule has 4 rings (SSSR count). The zero-order valence-corrected chi connectivity index (χ0v) is 15.5. The van der Waals surface area contributed by atoms with E-state index >= 15 is 0 Å². The average molecular weight is 374 g/mol. The van der Waals surface area contributed by atoms with E-state index in [2.05, 4.69) is 4.72 Å². The third kappa shape index (κ3) is 3.05. The highest BCUT2D eigenvalue weighted by Crippen LogP contribution is 2.38. The first kappa shape index (κ1) is 17.3. The lowest BCUT2D eigenvalue weighted by Crippen LogP contribution is -2.42. The van der Waals surface area contributed by atoms with E-state index in [0.29, 0.717) is 12.2 Å². The van der Waals surface area contributed by atoms with Gasteiger partial charge in [0, 0.05) is 17.6 Å². The monoisotopic (exact) mass is 374 g/mol. The summed E-state index contributed by atoms with van der Waals surface area (Å²) in [7, 11) is -3.64. The normalized spacial score (nSPS) is 20.0. The molecule has 0 bridgehead atoms. The number of hydrogen-bond acceptors (Lipinski definition) is 4. The van der Waals surface area contributed by atoms with Gasteiger partial charge in [-0.15, -0.1) is 0 Å². The number of amides is 1. The lowest BCUT2D eigenvalue weighted by molar-refractivity contribution is -0.125. The minimum Gasteiger partial charge on any atom is -0.468 e. The van der Waals surface area contributed by atoms with Crippen LogP contribution in [0.3, 0.4) is 0 Å². The van der Waals surface area contributed by atoms with Gasteiger partial charge in [-0.25, -0.2) is 13.1 Å². The van der Waals surface area contributed by atoms with Crippen molar-refractivity contribution in [3.05, 3.63) is 47.9 Å². The Hall–Kier alpha value is -2.12. The predicted molar refractivity (Wildman–Crippen MR) is 97.2 cm³/mol. The van der Waals surface area contributed by atoms with Crippen molar-refractivity contribution < 1.29 is 17.6 Å². The Bertz CT molecular complexity index is 917. The Morgan fingerprint density at radius 3 is 2.77 bits per heavy atom. The first-order chi connectivity index (χ1) is 12.5. The van der Waals surface area contributed by atoms with Crippen LogP contribution in [-0.4, -0.2) is 20.4 Å². The molecule has 0 unspecified atom stereocenters. The number of hydrogen-bond donors (Lipinski definition) is 1. The van der Waals surface area contributed by atoms with Gasteiger partial charge >= 0.3 is 0 Å². The van der Waals surface area contributed by atoms with Crippen LogP contribution >= 0.6 is 0 Å². The molecule has 2 aromatic rings. The third-order valence-corrected chi connectivity index (χ3v) is 6.68. The first-order valence-electron chi connectivity index (χ1n) is 8.94. The molecule has 2 heterocycles. The van der Waals surface area contributed by atoms with Crippen LogP contribution in [0.1, 0.15) is 37.5 Å². The van der Waals surface area contributed by atoms with E-state index in [1.54, 1.807) is 30.3 Å². The first-order valence-corrected chi connectivity index (χ1v) is 10.4. The van der Waals surface area contributed by atoms with Gasteiger partial charge in [-0.05, 0) is 62.1 Å². The summed E-state index contributed by atoms with van der Waals surface area (Å²) >= 11 is 0. The van der Waals surface area contributed by atoms with Gasteiger partial charge < -0.3 is 9.32 Å². The molecule has 1 aliphatic carbocycles. The summed E-state index contributed by atoms with van der Waals surface area (Å²) in [4.78, 5) is 14.8. The summed E-state index contributed by atoms with van der Waals surface area (Å²) in [6.45, 7) is 2.12. The fourth-order valence-electron chi connectivity index (χ4n) is 3.62. The lowest BCUT2D eigenvalue weighted by Gasteiger charge is -2.32. The quantitative estimate of drug-likeness (QED) is 0.873. The van der Waals surface area contributed by atoms with Crippen LogP contribution < -0.4 is 9.62 Å². The number of carbonyl (C=O) groups excluding carboxylic acids is 1. The highest BCUT2D eigenvalue weighted by molar-refractivity contribution is 7.89. The van der Waals surface area contributed by atoms with E-state index in [4.69, 9.17) is 4.42 Å². The Labute approximate surface area is 153 Å². The largest absolute Gasteiger partial charge is 0.468 e. The zero-order chi connectivity index (χ0) is 18.3. The molecule has 1 saturated carbocycles. The second-order valence-electron chi connectivity index (χ2n) is 7.08. The second-order valence-corrected chi connectivity index (χ2v) is 8.85. The van der Waals surface area contributed by atoms with Crippen LogP contribution in [0, 0.1) is 5.92 Å². The molecule has 1 aliphatic heterocycles. The Balaban J connectivity index is 1.55. The van der Waals surface area contributed by atoms with Crippen molar-refractivity contribution in [2.45, 2.75) is 50.1 Å². The van der Waals surface area contributed by atoms with Crippen LogP contribution in [0.25, 0.3) is 0 Å². The van der Waals surface area contributed by atoms with Crippen molar-refractivity contribution >= 4 is 21.6 Å². The lowest BCUT2D eigenvalue weighted by atomic mass is 9.84. The Kier molecular flexibility index (Phi) is 4.36. The SMILES string of the molecule is C[C@@H]1Cc2cc(S(=O)(=O)NCc3ccco3)ccc2N1C(=O)C1CCC1. The van der Waals surface area contributed by atoms with Crippen LogP contribution in [-0.2, 0) is 27.8 Å². The fraction of sp³-hybridized carbons (Fsp3) is 0.421. The topological polar surface area (TPSA) is 79.6 Å². The molecule has 26 heavy (non-hydrogen) atoms. The highest BCUT2D eigenvalue weighted by Gasteiger charge is 2.37. The van der Waals surface area contributed by atoms with Crippen molar-refractivity contribution in [2.75, 3.05) is 4.90 Å². The predicted octanol–water partition coefficient (Wildman–Crippen LogP) is 2.84. The maximum Gasteiger partial charge on any atom is 0.240 e. The molecule has 1 N–H and O–H groups in total. The molecule has 1 atom stereocenters. The molecule has 6 nitrogen and oxygen atoms in total. The van der Waals surface area contributed by atoms with Crippen molar-refractivity contribution in [3.63, 3.8) is 0 Å². The number of nitrogens with one attached hydrogen (secondary N) is 1. The minimum atomic E-state index is -3.64. The van der Waals surface area contributed by atoms with Gasteiger partial charge in [-0.3, -0.25) is 4.79 Å². The van der Waals surface area contributed by atoms with Gasteiger partial charge in [0.1, 0.15) is 5.76 Å². The molecule has 2 aliphatic rings. The Morgan fingerprint density at radius 2 is 2.12 bits per heavy atom. The average Bonchev–Trinajstić information content (AvgIpc) is 3.17. The maximum absolute atomic E-state index is 12.7. The Morgan fingerprint density at radius 1 is 1.31 bits per heavy atom. The number of nitrogens with zero attached hydrogens (tertiary/aromatic N) is 1. The number of furan rings is 1. The number of anilines is 1. The van der Waals surface area contributed by atoms with Crippen molar-refractivity contribution in [3.8, 4) is 0 Å². The molecule has 0 saturated heterocycles. The van der Waals surface area contributed by atoms with Crippen LogP contribution in [0.15, 0.2) is 45.9 Å². The molecule has 1 fully saturated rings. The van der Waals surface area contributed by atoms with E-state index in [1.165, 1.54) is 6.26 Å². The van der Waals surface area contributed by atoms with Crippen molar-refractivity contribution in [1.29, 1.82) is 0 Å². The molecule has 138 valence electrons.